The lowest BCUT2D eigenvalue weighted by Gasteiger charge is -2.07. The molecule has 7 nitrogen and oxygen atoms in total. The smallest absolute Gasteiger partial charge is 0.307 e. The van der Waals surface area contributed by atoms with Crippen LogP contribution in [0.1, 0.15) is 5.56 Å². The molecule has 130 valence electrons. The topological polar surface area (TPSA) is 117 Å². The van der Waals surface area contributed by atoms with Crippen molar-refractivity contribution in [3.8, 4) is 22.8 Å². The van der Waals surface area contributed by atoms with E-state index in [0.29, 0.717) is 28.5 Å². The maximum atomic E-state index is 10.8. The van der Waals surface area contributed by atoms with Crippen LogP contribution in [0.2, 0.25) is 0 Å². The predicted octanol–water partition coefficient (Wildman–Crippen LogP) is 2.94. The first-order chi connectivity index (χ1) is 12.5. The maximum absolute atomic E-state index is 10.8. The van der Waals surface area contributed by atoms with Crippen LogP contribution in [0, 0.1) is 0 Å². The molecule has 5 N–H and O–H groups in total. The number of imidazole rings is 1. The lowest BCUT2D eigenvalue weighted by atomic mass is 10.1. The third-order valence-electron chi connectivity index (χ3n) is 4.22. The zero-order chi connectivity index (χ0) is 18.3. The highest BCUT2D eigenvalue weighted by molar-refractivity contribution is 5.85. The van der Waals surface area contributed by atoms with E-state index in [2.05, 4.69) is 9.97 Å². The molecule has 0 saturated carbocycles. The summed E-state index contributed by atoms with van der Waals surface area (Å²) < 4.78 is 1.64. The number of H-pyrrole nitrogens is 1. The van der Waals surface area contributed by atoms with E-state index >= 15 is 0 Å². The number of carboxylic acid groups (broad SMARTS) is 1. The molecule has 0 aliphatic rings. The van der Waals surface area contributed by atoms with Crippen LogP contribution in [0.3, 0.4) is 0 Å². The molecule has 0 radical (unpaired) electrons. The Balaban J connectivity index is 1.75. The van der Waals surface area contributed by atoms with Gasteiger partial charge in [0.1, 0.15) is 23.0 Å². The van der Waals surface area contributed by atoms with Gasteiger partial charge in [-0.1, -0.05) is 24.3 Å². The zero-order valence-corrected chi connectivity index (χ0v) is 13.7. The number of nitrogens with one attached hydrogen (secondary N) is 1. The molecule has 2 aromatic heterocycles. The minimum Gasteiger partial charge on any atom is -0.505 e. The number of aromatic amines is 1. The molecule has 2 heterocycles. The van der Waals surface area contributed by atoms with Crippen LogP contribution < -0.4 is 5.73 Å². The summed E-state index contributed by atoms with van der Waals surface area (Å²) in [5.41, 5.74) is 9.73. The summed E-state index contributed by atoms with van der Waals surface area (Å²) in [6.45, 7) is 0. The van der Waals surface area contributed by atoms with E-state index in [1.54, 1.807) is 28.8 Å². The molecule has 26 heavy (non-hydrogen) atoms. The average Bonchev–Trinajstić information content (AvgIpc) is 3.15. The van der Waals surface area contributed by atoms with Crippen molar-refractivity contribution in [2.75, 3.05) is 5.73 Å². The Morgan fingerprint density at radius 2 is 1.88 bits per heavy atom. The van der Waals surface area contributed by atoms with Gasteiger partial charge in [0.05, 0.1) is 23.7 Å². The summed E-state index contributed by atoms with van der Waals surface area (Å²) >= 11 is 0. The number of anilines is 1. The Labute approximate surface area is 148 Å². The monoisotopic (exact) mass is 348 g/mol. The third-order valence-corrected chi connectivity index (χ3v) is 4.22. The quantitative estimate of drug-likeness (QED) is 0.452. The van der Waals surface area contributed by atoms with E-state index in [-0.39, 0.29) is 12.2 Å². The van der Waals surface area contributed by atoms with Crippen molar-refractivity contribution in [1.82, 2.24) is 14.5 Å². The fraction of sp³-hybridized carbons (Fsp3) is 0.0526. The van der Waals surface area contributed by atoms with Crippen LogP contribution in [-0.2, 0) is 11.2 Å². The molecule has 2 aromatic carbocycles. The summed E-state index contributed by atoms with van der Waals surface area (Å²) in [6, 6.07) is 14.5. The van der Waals surface area contributed by atoms with E-state index in [1.165, 1.54) is 6.20 Å². The van der Waals surface area contributed by atoms with E-state index < -0.39 is 5.97 Å². The van der Waals surface area contributed by atoms with Gasteiger partial charge in [0.25, 0.3) is 0 Å². The van der Waals surface area contributed by atoms with Crippen molar-refractivity contribution in [2.24, 2.45) is 0 Å². The van der Waals surface area contributed by atoms with Gasteiger partial charge < -0.3 is 20.9 Å². The maximum Gasteiger partial charge on any atom is 0.307 e. The second-order valence-corrected chi connectivity index (χ2v) is 5.98. The lowest BCUT2D eigenvalue weighted by molar-refractivity contribution is -0.136. The van der Waals surface area contributed by atoms with Crippen LogP contribution in [-0.4, -0.2) is 30.7 Å². The highest BCUT2D eigenvalue weighted by Gasteiger charge is 2.19. The number of fused-ring (bicyclic) bond motifs is 1. The Morgan fingerprint density at radius 1 is 1.15 bits per heavy atom. The van der Waals surface area contributed by atoms with Gasteiger partial charge in [-0.15, -0.1) is 0 Å². The van der Waals surface area contributed by atoms with Crippen LogP contribution >= 0.6 is 0 Å². The number of aromatic hydroxyl groups is 1. The second-order valence-electron chi connectivity index (χ2n) is 5.98. The molecular formula is C19H16N4O3. The van der Waals surface area contributed by atoms with Crippen molar-refractivity contribution >= 4 is 22.8 Å². The Kier molecular flexibility index (Phi) is 3.62. The number of para-hydroxylation sites is 2. The molecule has 0 spiro atoms. The third kappa shape index (κ3) is 2.65. The fourth-order valence-corrected chi connectivity index (χ4v) is 2.98. The summed E-state index contributed by atoms with van der Waals surface area (Å²) in [5.74, 6) is -0.0470. The van der Waals surface area contributed by atoms with Crippen LogP contribution in [0.4, 0.5) is 5.82 Å². The molecule has 0 unspecified atom stereocenters. The van der Waals surface area contributed by atoms with Crippen molar-refractivity contribution < 1.29 is 15.0 Å². The van der Waals surface area contributed by atoms with E-state index in [9.17, 15) is 9.90 Å². The second kappa shape index (κ2) is 5.96. The van der Waals surface area contributed by atoms with Gasteiger partial charge in [0, 0.05) is 5.69 Å². The Morgan fingerprint density at radius 3 is 2.58 bits per heavy atom. The molecule has 0 saturated heterocycles. The highest BCUT2D eigenvalue weighted by Crippen LogP contribution is 2.37. The van der Waals surface area contributed by atoms with Gasteiger partial charge in [-0.25, -0.2) is 4.98 Å². The van der Waals surface area contributed by atoms with Crippen molar-refractivity contribution in [1.29, 1.82) is 0 Å². The van der Waals surface area contributed by atoms with Gasteiger partial charge in [0.2, 0.25) is 0 Å². The first kappa shape index (κ1) is 15.8. The summed E-state index contributed by atoms with van der Waals surface area (Å²) in [4.78, 5) is 18.4. The van der Waals surface area contributed by atoms with E-state index in [4.69, 9.17) is 10.8 Å². The first-order valence-corrected chi connectivity index (χ1v) is 7.99. The summed E-state index contributed by atoms with van der Waals surface area (Å²) in [5, 5.41) is 19.2. The molecule has 0 fully saturated rings. The first-order valence-electron chi connectivity index (χ1n) is 7.99. The van der Waals surface area contributed by atoms with Gasteiger partial charge in [-0.3, -0.25) is 9.36 Å². The minimum atomic E-state index is -0.886. The van der Waals surface area contributed by atoms with Crippen LogP contribution in [0.15, 0.2) is 54.7 Å². The van der Waals surface area contributed by atoms with Gasteiger partial charge >= 0.3 is 5.97 Å². The number of rotatable bonds is 4. The fourth-order valence-electron chi connectivity index (χ4n) is 2.98. The highest BCUT2D eigenvalue weighted by atomic mass is 16.4. The Bertz CT molecular complexity index is 1080. The standard InChI is InChI=1S/C19H16N4O3/c20-18-17(19-21-13-3-1-2-4-14(13)22-19)15(24)10-23(18)12-7-5-11(6-8-12)9-16(25)26/h1-8,10,24H,9,20H2,(H,21,22)(H,25,26). The number of hydrogen-bond acceptors (Lipinski definition) is 4. The molecule has 4 aromatic rings. The number of nitrogens with zero attached hydrogens (tertiary/aromatic N) is 2. The molecule has 0 aliphatic carbocycles. The predicted molar refractivity (Wildman–Crippen MR) is 98.3 cm³/mol. The molecule has 0 atom stereocenters. The van der Waals surface area contributed by atoms with Gasteiger partial charge in [-0.2, -0.15) is 0 Å². The molecule has 0 aliphatic heterocycles. The molecular weight excluding hydrogens is 332 g/mol. The number of carboxylic acids is 1. The number of carbonyl (C=O) groups is 1. The van der Waals surface area contributed by atoms with Crippen LogP contribution in [0.25, 0.3) is 28.1 Å². The average molecular weight is 348 g/mol. The minimum absolute atomic E-state index is 0.0103. The molecule has 0 amide bonds. The Hall–Kier alpha value is -3.74. The number of nitrogens with two attached hydrogens (primary N) is 1. The molecule has 4 rings (SSSR count). The van der Waals surface area contributed by atoms with Gasteiger partial charge in [-0.05, 0) is 29.8 Å². The zero-order valence-electron chi connectivity index (χ0n) is 13.7. The van der Waals surface area contributed by atoms with E-state index in [0.717, 1.165) is 11.0 Å². The van der Waals surface area contributed by atoms with Gasteiger partial charge in [0.15, 0.2) is 0 Å². The summed E-state index contributed by atoms with van der Waals surface area (Å²) in [7, 11) is 0. The largest absolute Gasteiger partial charge is 0.505 e. The van der Waals surface area contributed by atoms with Crippen molar-refractivity contribution in [3.63, 3.8) is 0 Å². The van der Waals surface area contributed by atoms with Crippen molar-refractivity contribution in [3.05, 3.63) is 60.3 Å². The number of aromatic nitrogens is 3. The number of nitrogen functional groups attached to an aromatic ring is 1. The SMILES string of the molecule is Nc1c(-c2nc3ccccc3[nH]2)c(O)cn1-c1ccc(CC(=O)O)cc1. The number of aliphatic carboxylic acids is 1. The lowest BCUT2D eigenvalue weighted by Crippen LogP contribution is -2.02. The number of hydrogen-bond donors (Lipinski definition) is 4. The van der Waals surface area contributed by atoms with Crippen molar-refractivity contribution in [2.45, 2.75) is 6.42 Å². The van der Waals surface area contributed by atoms with E-state index in [1.807, 2.05) is 24.3 Å². The number of benzene rings is 2. The normalized spacial score (nSPS) is 11.1. The van der Waals surface area contributed by atoms with Crippen LogP contribution in [0.5, 0.6) is 5.75 Å². The molecule has 7 heteroatoms. The summed E-state index contributed by atoms with van der Waals surface area (Å²) in [6.07, 6.45) is 1.47. The molecule has 0 bridgehead atoms.